The second-order valence-electron chi connectivity index (χ2n) is 7.71. The molecule has 2 aromatic carbocycles. The van der Waals surface area contributed by atoms with E-state index in [1.165, 1.54) is 6.42 Å². The Bertz CT molecular complexity index is 873. The number of rotatable bonds is 7. The Labute approximate surface area is 172 Å². The average molecular weight is 396 g/mol. The molecule has 29 heavy (non-hydrogen) atoms. The largest absolute Gasteiger partial charge is 0.484 e. The Morgan fingerprint density at radius 2 is 1.86 bits per heavy atom. The van der Waals surface area contributed by atoms with E-state index in [0.29, 0.717) is 22.9 Å². The third kappa shape index (κ3) is 5.50. The molecular weight excluding hydrogens is 366 g/mol. The molecule has 0 unspecified atom stereocenters. The van der Waals surface area contributed by atoms with Crippen LogP contribution < -0.4 is 20.7 Å². The van der Waals surface area contributed by atoms with Crippen molar-refractivity contribution in [2.24, 2.45) is 5.73 Å². The van der Waals surface area contributed by atoms with Crippen molar-refractivity contribution >= 4 is 23.2 Å². The number of primary amides is 1. The summed E-state index contributed by atoms with van der Waals surface area (Å²) in [5.41, 5.74) is 8.45. The van der Waals surface area contributed by atoms with E-state index in [4.69, 9.17) is 10.5 Å². The third-order valence-electron chi connectivity index (χ3n) is 5.15. The van der Waals surface area contributed by atoms with E-state index in [0.717, 1.165) is 37.2 Å². The molecule has 0 bridgehead atoms. The summed E-state index contributed by atoms with van der Waals surface area (Å²) in [4.78, 5) is 26.4. The lowest BCUT2D eigenvalue weighted by molar-refractivity contribution is -0.118. The van der Waals surface area contributed by atoms with Gasteiger partial charge in [-0.25, -0.2) is 0 Å². The first-order valence-corrected chi connectivity index (χ1v) is 10.2. The number of carbonyl (C=O) groups is 2. The van der Waals surface area contributed by atoms with Crippen LogP contribution in [0.1, 0.15) is 54.9 Å². The van der Waals surface area contributed by atoms with Gasteiger partial charge in [0.2, 0.25) is 5.91 Å². The van der Waals surface area contributed by atoms with E-state index in [-0.39, 0.29) is 12.5 Å². The zero-order valence-corrected chi connectivity index (χ0v) is 17.1. The van der Waals surface area contributed by atoms with Crippen molar-refractivity contribution in [1.82, 2.24) is 0 Å². The molecule has 1 fully saturated rings. The molecule has 1 saturated heterocycles. The molecule has 1 aliphatic rings. The summed E-state index contributed by atoms with van der Waals surface area (Å²) in [5, 5.41) is 2.90. The van der Waals surface area contributed by atoms with Gasteiger partial charge in [-0.15, -0.1) is 0 Å². The number of nitrogens with zero attached hydrogens (tertiary/aromatic N) is 1. The number of amides is 2. The molecule has 3 rings (SSSR count). The first kappa shape index (κ1) is 20.7. The van der Waals surface area contributed by atoms with E-state index < -0.39 is 5.91 Å². The number of nitrogens with one attached hydrogen (secondary N) is 1. The highest BCUT2D eigenvalue weighted by molar-refractivity contribution is 5.99. The van der Waals surface area contributed by atoms with Gasteiger partial charge in [0.05, 0.1) is 11.4 Å². The molecule has 0 spiro atoms. The molecule has 3 N–H and O–H groups in total. The van der Waals surface area contributed by atoms with Gasteiger partial charge in [0.15, 0.2) is 6.61 Å². The van der Waals surface area contributed by atoms with Gasteiger partial charge >= 0.3 is 0 Å². The second kappa shape index (κ2) is 9.45. The van der Waals surface area contributed by atoms with Gasteiger partial charge in [-0.2, -0.15) is 0 Å². The number of benzene rings is 2. The van der Waals surface area contributed by atoms with Crippen LogP contribution in [0.5, 0.6) is 5.75 Å². The van der Waals surface area contributed by atoms with E-state index in [1.807, 2.05) is 30.3 Å². The maximum Gasteiger partial charge on any atom is 0.262 e. The lowest BCUT2D eigenvalue weighted by Gasteiger charge is -2.30. The molecule has 2 amide bonds. The molecule has 6 heteroatoms. The van der Waals surface area contributed by atoms with Gasteiger partial charge in [0, 0.05) is 18.7 Å². The molecule has 0 aliphatic carbocycles. The zero-order valence-electron chi connectivity index (χ0n) is 17.1. The minimum atomic E-state index is -0.521. The van der Waals surface area contributed by atoms with Gasteiger partial charge in [0.1, 0.15) is 5.75 Å². The van der Waals surface area contributed by atoms with Crippen molar-refractivity contribution in [3.63, 3.8) is 0 Å². The molecule has 0 saturated carbocycles. The van der Waals surface area contributed by atoms with Gasteiger partial charge in [-0.3, -0.25) is 9.59 Å². The molecule has 154 valence electrons. The molecule has 0 aromatic heterocycles. The Balaban J connectivity index is 1.71. The fraction of sp³-hybridized carbons (Fsp3) is 0.391. The molecule has 0 atom stereocenters. The predicted molar refractivity (Wildman–Crippen MR) is 116 cm³/mol. The number of ether oxygens (including phenoxy) is 1. The number of hydrogen-bond acceptors (Lipinski definition) is 4. The summed E-state index contributed by atoms with van der Waals surface area (Å²) >= 11 is 0. The Morgan fingerprint density at radius 3 is 2.55 bits per heavy atom. The van der Waals surface area contributed by atoms with Crippen molar-refractivity contribution < 1.29 is 14.3 Å². The van der Waals surface area contributed by atoms with Crippen molar-refractivity contribution in [3.8, 4) is 5.75 Å². The smallest absolute Gasteiger partial charge is 0.262 e. The van der Waals surface area contributed by atoms with E-state index in [2.05, 4.69) is 24.1 Å². The fourth-order valence-corrected chi connectivity index (χ4v) is 3.50. The average Bonchev–Trinajstić information content (AvgIpc) is 2.73. The summed E-state index contributed by atoms with van der Waals surface area (Å²) in [6.07, 6.45) is 3.43. The fourth-order valence-electron chi connectivity index (χ4n) is 3.50. The van der Waals surface area contributed by atoms with Crippen molar-refractivity contribution in [2.45, 2.75) is 39.0 Å². The van der Waals surface area contributed by atoms with Crippen LogP contribution in [0.25, 0.3) is 0 Å². The summed E-state index contributed by atoms with van der Waals surface area (Å²) in [5.74, 6) is 0.247. The van der Waals surface area contributed by atoms with Crippen LogP contribution in [0.15, 0.2) is 42.5 Å². The van der Waals surface area contributed by atoms with Crippen LogP contribution in [0.3, 0.4) is 0 Å². The topological polar surface area (TPSA) is 84.7 Å². The highest BCUT2D eigenvalue weighted by Crippen LogP contribution is 2.30. The number of nitrogens with two attached hydrogens (primary N) is 1. The Kier molecular flexibility index (Phi) is 6.75. The van der Waals surface area contributed by atoms with Crippen LogP contribution in [0, 0.1) is 0 Å². The van der Waals surface area contributed by atoms with Gasteiger partial charge < -0.3 is 20.7 Å². The number of carbonyl (C=O) groups excluding carboxylic acids is 2. The Morgan fingerprint density at radius 1 is 1.10 bits per heavy atom. The Hall–Kier alpha value is -3.02. The van der Waals surface area contributed by atoms with Gasteiger partial charge in [0.25, 0.3) is 5.91 Å². The predicted octanol–water partition coefficient (Wildman–Crippen LogP) is 3.92. The van der Waals surface area contributed by atoms with Crippen LogP contribution >= 0.6 is 0 Å². The lowest BCUT2D eigenvalue weighted by Crippen LogP contribution is -2.31. The van der Waals surface area contributed by atoms with Crippen molar-refractivity contribution in [1.29, 1.82) is 0 Å². The zero-order chi connectivity index (χ0) is 20.8. The molecule has 1 aliphatic heterocycles. The normalized spacial score (nSPS) is 14.0. The third-order valence-corrected chi connectivity index (χ3v) is 5.15. The van der Waals surface area contributed by atoms with E-state index >= 15 is 0 Å². The summed E-state index contributed by atoms with van der Waals surface area (Å²) in [6.45, 7) is 5.97. The standard InChI is InChI=1S/C23H29N3O3/c1-16(2)17-7-6-8-19(13-17)29-15-22(27)25-20-14-18(23(24)28)9-10-21(20)26-11-4-3-5-12-26/h6-10,13-14,16H,3-5,11-12,15H2,1-2H3,(H2,24,28)(H,25,27). The SMILES string of the molecule is CC(C)c1cccc(OCC(=O)Nc2cc(C(N)=O)ccc2N2CCCCC2)c1. The quantitative estimate of drug-likeness (QED) is 0.744. The van der Waals surface area contributed by atoms with Crippen molar-refractivity contribution in [3.05, 3.63) is 53.6 Å². The van der Waals surface area contributed by atoms with Gasteiger partial charge in [-0.1, -0.05) is 26.0 Å². The minimum Gasteiger partial charge on any atom is -0.484 e. The van der Waals surface area contributed by atoms with Gasteiger partial charge in [-0.05, 0) is 61.1 Å². The summed E-state index contributed by atoms with van der Waals surface area (Å²) < 4.78 is 5.68. The molecule has 1 heterocycles. The minimum absolute atomic E-state index is 0.109. The highest BCUT2D eigenvalue weighted by atomic mass is 16.5. The second-order valence-corrected chi connectivity index (χ2v) is 7.71. The maximum atomic E-state index is 12.5. The highest BCUT2D eigenvalue weighted by Gasteiger charge is 2.18. The van der Waals surface area contributed by atoms with E-state index in [1.54, 1.807) is 12.1 Å². The van der Waals surface area contributed by atoms with E-state index in [9.17, 15) is 9.59 Å². The van der Waals surface area contributed by atoms with Crippen LogP contribution in [-0.4, -0.2) is 31.5 Å². The van der Waals surface area contributed by atoms with Crippen LogP contribution in [0.2, 0.25) is 0 Å². The number of hydrogen-bond donors (Lipinski definition) is 2. The first-order chi connectivity index (χ1) is 13.9. The maximum absolute atomic E-state index is 12.5. The summed E-state index contributed by atoms with van der Waals surface area (Å²) in [6, 6.07) is 13.0. The monoisotopic (exact) mass is 395 g/mol. The molecule has 0 radical (unpaired) electrons. The lowest BCUT2D eigenvalue weighted by atomic mass is 10.0. The molecular formula is C23H29N3O3. The number of anilines is 2. The molecule has 2 aromatic rings. The first-order valence-electron chi connectivity index (χ1n) is 10.2. The van der Waals surface area contributed by atoms with Crippen molar-refractivity contribution in [2.75, 3.05) is 29.9 Å². The summed E-state index contributed by atoms with van der Waals surface area (Å²) in [7, 11) is 0. The van der Waals surface area contributed by atoms with Crippen LogP contribution in [-0.2, 0) is 4.79 Å². The molecule has 6 nitrogen and oxygen atoms in total. The number of piperidine rings is 1. The van der Waals surface area contributed by atoms with Crippen LogP contribution in [0.4, 0.5) is 11.4 Å².